The summed E-state index contributed by atoms with van der Waals surface area (Å²) in [6.45, 7) is 1.11. The van der Waals surface area contributed by atoms with Crippen molar-refractivity contribution < 1.29 is 26.0 Å². The van der Waals surface area contributed by atoms with E-state index in [4.69, 9.17) is 0 Å². The van der Waals surface area contributed by atoms with Gasteiger partial charge in [0.15, 0.2) is 21.3 Å². The van der Waals surface area contributed by atoms with E-state index in [2.05, 4.69) is 25.3 Å². The molecule has 0 bridgehead atoms. The number of benzene rings is 1. The van der Waals surface area contributed by atoms with Crippen LogP contribution in [-0.4, -0.2) is 52.1 Å². The minimum Gasteiger partial charge on any atom is -0.341 e. The van der Waals surface area contributed by atoms with Gasteiger partial charge in [-0.15, -0.1) is 0 Å². The molecule has 0 saturated carbocycles. The van der Waals surface area contributed by atoms with Crippen LogP contribution >= 0.6 is 0 Å². The van der Waals surface area contributed by atoms with E-state index in [1.54, 1.807) is 18.6 Å². The highest BCUT2D eigenvalue weighted by Gasteiger charge is 2.32. The maximum atomic E-state index is 14.6. The summed E-state index contributed by atoms with van der Waals surface area (Å²) in [6.07, 6.45) is 4.52. The highest BCUT2D eigenvalue weighted by molar-refractivity contribution is 7.90. The summed E-state index contributed by atoms with van der Waals surface area (Å²) < 4.78 is 78.1. The van der Waals surface area contributed by atoms with Crippen LogP contribution in [0.3, 0.4) is 0 Å². The molecule has 4 aromatic rings. The monoisotopic (exact) mass is 535 g/mol. The second-order valence-corrected chi connectivity index (χ2v) is 10.7. The molecule has 0 atom stereocenters. The predicted molar refractivity (Wildman–Crippen MR) is 127 cm³/mol. The summed E-state index contributed by atoms with van der Waals surface area (Å²) in [4.78, 5) is 18.2. The summed E-state index contributed by atoms with van der Waals surface area (Å²) in [7, 11) is -3.54. The fourth-order valence-corrected chi connectivity index (χ4v) is 4.92. The van der Waals surface area contributed by atoms with Gasteiger partial charge in [0.25, 0.3) is 0 Å². The van der Waals surface area contributed by atoms with Crippen LogP contribution < -0.4 is 10.2 Å². The second-order valence-electron chi connectivity index (χ2n) is 8.72. The molecule has 4 heterocycles. The minimum absolute atomic E-state index is 0.0578. The van der Waals surface area contributed by atoms with Crippen LogP contribution in [0.25, 0.3) is 5.65 Å². The zero-order chi connectivity index (χ0) is 26.4. The van der Waals surface area contributed by atoms with Gasteiger partial charge in [-0.05, 0) is 31.0 Å². The van der Waals surface area contributed by atoms with E-state index in [1.165, 1.54) is 12.1 Å². The van der Waals surface area contributed by atoms with E-state index in [0.29, 0.717) is 37.4 Å². The van der Waals surface area contributed by atoms with Gasteiger partial charge in [-0.1, -0.05) is 0 Å². The lowest BCUT2D eigenvalue weighted by Gasteiger charge is -2.31. The molecule has 1 fully saturated rings. The van der Waals surface area contributed by atoms with Gasteiger partial charge in [0.1, 0.15) is 5.82 Å². The molecular weight excluding hydrogens is 514 g/mol. The second kappa shape index (κ2) is 9.25. The van der Waals surface area contributed by atoms with Crippen LogP contribution in [-0.2, 0) is 16.0 Å². The van der Waals surface area contributed by atoms with Gasteiger partial charge >= 0.3 is 6.18 Å². The molecule has 1 aliphatic heterocycles. The smallest absolute Gasteiger partial charge is 0.341 e. The number of imidazole rings is 1. The summed E-state index contributed by atoms with van der Waals surface area (Å²) in [6, 6.07) is 3.59. The fraction of sp³-hybridized carbons (Fsp3) is 0.304. The molecule has 5 rings (SSSR count). The van der Waals surface area contributed by atoms with Crippen LogP contribution in [0, 0.1) is 5.82 Å². The average molecular weight is 536 g/mol. The van der Waals surface area contributed by atoms with Crippen molar-refractivity contribution in [1.82, 2.24) is 24.3 Å². The lowest BCUT2D eigenvalue weighted by molar-refractivity contribution is -0.138. The number of halogens is 4. The molecule has 37 heavy (non-hydrogen) atoms. The number of nitrogens with zero attached hydrogens (tertiary/aromatic N) is 6. The maximum Gasteiger partial charge on any atom is 0.419 e. The number of aromatic nitrogens is 5. The molecule has 0 aliphatic carbocycles. The number of fused-ring (bicyclic) bond motifs is 1. The third-order valence-electron chi connectivity index (χ3n) is 6.24. The van der Waals surface area contributed by atoms with Gasteiger partial charge in [0.05, 0.1) is 16.1 Å². The molecule has 1 saturated heterocycles. The summed E-state index contributed by atoms with van der Waals surface area (Å²) >= 11 is 0. The highest BCUT2D eigenvalue weighted by Crippen LogP contribution is 2.33. The van der Waals surface area contributed by atoms with Gasteiger partial charge in [0, 0.05) is 61.9 Å². The molecule has 0 amide bonds. The third-order valence-corrected chi connectivity index (χ3v) is 7.35. The Balaban J connectivity index is 1.32. The molecule has 194 valence electrons. The van der Waals surface area contributed by atoms with Crippen molar-refractivity contribution in [2.75, 3.05) is 29.6 Å². The summed E-state index contributed by atoms with van der Waals surface area (Å²) in [5, 5.41) is 2.88. The average Bonchev–Trinajstić information content (AvgIpc) is 3.29. The standard InChI is InChI=1S/C23H21F4N7O2S/c1-37(35,36)16-2-3-18(17(24)10-16)32-20-21-29-13-19(34(21)9-6-28-20)14-4-7-33(8-5-14)22-30-11-15(12-31-22)23(25,26)27/h2-3,6,9-14H,4-5,7-8H2,1H3,(H,28,32). The summed E-state index contributed by atoms with van der Waals surface area (Å²) in [5.74, 6) is -0.0716. The van der Waals surface area contributed by atoms with Crippen LogP contribution in [0.2, 0.25) is 0 Å². The molecule has 1 N–H and O–H groups in total. The first-order chi connectivity index (χ1) is 17.5. The van der Waals surface area contributed by atoms with Crippen molar-refractivity contribution >= 4 is 32.9 Å². The molecule has 1 aromatic carbocycles. The number of anilines is 3. The lowest BCUT2D eigenvalue weighted by Crippen LogP contribution is -2.34. The lowest BCUT2D eigenvalue weighted by atomic mass is 9.94. The van der Waals surface area contributed by atoms with Crippen molar-refractivity contribution in [3.8, 4) is 0 Å². The Labute approximate surface area is 209 Å². The largest absolute Gasteiger partial charge is 0.419 e. The van der Waals surface area contributed by atoms with Crippen LogP contribution in [0.4, 0.5) is 35.0 Å². The Morgan fingerprint density at radius 1 is 1.03 bits per heavy atom. The van der Waals surface area contributed by atoms with Crippen LogP contribution in [0.1, 0.15) is 30.0 Å². The Hall–Kier alpha value is -3.81. The number of rotatable bonds is 5. The van der Waals surface area contributed by atoms with E-state index in [0.717, 1.165) is 30.4 Å². The minimum atomic E-state index is -4.48. The van der Waals surface area contributed by atoms with E-state index < -0.39 is 27.4 Å². The maximum absolute atomic E-state index is 14.6. The number of hydrogen-bond acceptors (Lipinski definition) is 8. The van der Waals surface area contributed by atoms with Gasteiger partial charge in [0.2, 0.25) is 5.95 Å². The van der Waals surface area contributed by atoms with E-state index in [1.807, 2.05) is 9.30 Å². The predicted octanol–water partition coefficient (Wildman–Crippen LogP) is 4.21. The van der Waals surface area contributed by atoms with Gasteiger partial charge < -0.3 is 10.2 Å². The summed E-state index contributed by atoms with van der Waals surface area (Å²) in [5.41, 5.74) is 0.558. The van der Waals surface area contributed by atoms with Crippen molar-refractivity contribution in [3.63, 3.8) is 0 Å². The Kier molecular flexibility index (Phi) is 6.22. The molecule has 1 aliphatic rings. The Morgan fingerprint density at radius 2 is 1.73 bits per heavy atom. The van der Waals surface area contributed by atoms with Crippen LogP contribution in [0.15, 0.2) is 54.1 Å². The molecular formula is C23H21F4N7O2S. The number of sulfone groups is 1. The fourth-order valence-electron chi connectivity index (χ4n) is 4.29. The number of nitrogens with one attached hydrogen (secondary N) is 1. The number of piperidine rings is 1. The zero-order valence-corrected chi connectivity index (χ0v) is 20.3. The molecule has 0 spiro atoms. The van der Waals surface area contributed by atoms with Gasteiger partial charge in [-0.2, -0.15) is 13.2 Å². The first-order valence-corrected chi connectivity index (χ1v) is 13.1. The first-order valence-electron chi connectivity index (χ1n) is 11.2. The van der Waals surface area contributed by atoms with Crippen LogP contribution in [0.5, 0.6) is 0 Å². The third kappa shape index (κ3) is 5.05. The first kappa shape index (κ1) is 24.9. The zero-order valence-electron chi connectivity index (χ0n) is 19.4. The quantitative estimate of drug-likeness (QED) is 0.379. The molecule has 9 nitrogen and oxygen atoms in total. The number of hydrogen-bond donors (Lipinski definition) is 1. The van der Waals surface area contributed by atoms with Crippen molar-refractivity contribution in [2.45, 2.75) is 29.8 Å². The molecule has 14 heteroatoms. The van der Waals surface area contributed by atoms with E-state index in [9.17, 15) is 26.0 Å². The highest BCUT2D eigenvalue weighted by atomic mass is 32.2. The topological polar surface area (TPSA) is 105 Å². The Morgan fingerprint density at radius 3 is 2.35 bits per heavy atom. The van der Waals surface area contributed by atoms with E-state index >= 15 is 0 Å². The number of alkyl halides is 3. The molecule has 0 unspecified atom stereocenters. The van der Waals surface area contributed by atoms with E-state index in [-0.39, 0.29) is 22.4 Å². The van der Waals surface area contributed by atoms with Crippen molar-refractivity contribution in [2.24, 2.45) is 0 Å². The van der Waals surface area contributed by atoms with Crippen molar-refractivity contribution in [1.29, 1.82) is 0 Å². The Bertz CT molecular complexity index is 1550. The normalized spacial score (nSPS) is 15.3. The van der Waals surface area contributed by atoms with Gasteiger partial charge in [-0.3, -0.25) is 4.40 Å². The SMILES string of the molecule is CS(=O)(=O)c1ccc(Nc2nccn3c(C4CCN(c5ncc(C(F)(F)F)cn5)CC4)cnc23)c(F)c1. The molecule has 0 radical (unpaired) electrons. The van der Waals surface area contributed by atoms with Gasteiger partial charge in [-0.25, -0.2) is 32.7 Å². The van der Waals surface area contributed by atoms with Crippen molar-refractivity contribution in [3.05, 3.63) is 66.3 Å². The molecule has 3 aromatic heterocycles.